The SMILES string of the molecule is [B]c1cc2c(c([B])c1-c1c([B])c([B])c(-c3c4c([B])c([B])c([B])c([B])c4c(-c4c([B])c([B])c5oc6c([B])c([B])c7c([B])c([B])c([B])c([B])c7c6c5c4[B])c4c([B])c([B])c([B])c([B])c34)c([B])c1[B])c([B])c([B])c1c([B])c([B])c([B])c([B])c12. The molecule has 0 N–H and O–H groups in total. The fraction of sp³-hybridized carbons (Fsp3) is 0. The molecule has 0 amide bonds. The maximum absolute atomic E-state index is 7.42. The summed E-state index contributed by atoms with van der Waals surface area (Å²) in [4.78, 5) is 0. The van der Waals surface area contributed by atoms with E-state index in [-0.39, 0.29) is 262 Å². The minimum atomic E-state index is -0.260. The lowest BCUT2D eigenvalue weighted by atomic mass is 9.56. The molecule has 10 aromatic carbocycles. The summed E-state index contributed by atoms with van der Waals surface area (Å²) < 4.78 is 6.38. The van der Waals surface area contributed by atoms with Gasteiger partial charge >= 0.3 is 0 Å². The lowest BCUT2D eigenvalue weighted by molar-refractivity contribution is 0.675. The van der Waals surface area contributed by atoms with E-state index in [9.17, 15) is 0 Å². The molecular formula is C50HB29O. The molecule has 294 valence electrons. The predicted octanol–water partition coefficient (Wildman–Crippen LogP) is -20.6. The largest absolute Gasteiger partial charge is 0.457 e. The van der Waals surface area contributed by atoms with Crippen molar-refractivity contribution in [1.82, 2.24) is 0 Å². The van der Waals surface area contributed by atoms with E-state index < -0.39 is 0 Å². The molecule has 0 aliphatic rings. The summed E-state index contributed by atoms with van der Waals surface area (Å²) in [5.41, 5.74) is -4.01. The fourth-order valence-corrected chi connectivity index (χ4v) is 11.7. The zero-order valence-electron chi connectivity index (χ0n) is 42.2. The molecule has 0 fully saturated rings. The Morgan fingerprint density at radius 3 is 0.825 bits per heavy atom. The minimum absolute atomic E-state index is 0.00487. The fourth-order valence-electron chi connectivity index (χ4n) is 11.7. The Labute approximate surface area is 502 Å². The molecular weight excluding hydrogens is 930 g/mol. The summed E-state index contributed by atoms with van der Waals surface area (Å²) >= 11 is 0. The van der Waals surface area contributed by atoms with Crippen LogP contribution in [0.25, 0.3) is 109 Å². The zero-order valence-corrected chi connectivity index (χ0v) is 42.2. The van der Waals surface area contributed by atoms with Gasteiger partial charge in [0.25, 0.3) is 0 Å². The van der Waals surface area contributed by atoms with Crippen molar-refractivity contribution in [3.05, 3.63) is 6.07 Å². The second-order valence-corrected chi connectivity index (χ2v) is 19.7. The molecule has 0 bridgehead atoms. The molecule has 0 saturated carbocycles. The quantitative estimate of drug-likeness (QED) is 0.0977. The van der Waals surface area contributed by atoms with Crippen LogP contribution in [0.15, 0.2) is 10.5 Å². The molecule has 1 nitrogen and oxygen atoms in total. The van der Waals surface area contributed by atoms with Crippen LogP contribution in [-0.2, 0) is 0 Å². The number of hydrogen-bond acceptors (Lipinski definition) is 1. The van der Waals surface area contributed by atoms with Gasteiger partial charge in [-0.15, -0.1) is 43.7 Å². The van der Waals surface area contributed by atoms with Gasteiger partial charge in [0.15, 0.2) is 0 Å². The molecule has 0 unspecified atom stereocenters. The third-order valence-electron chi connectivity index (χ3n) is 15.8. The number of furan rings is 1. The molecule has 80 heavy (non-hydrogen) atoms. The van der Waals surface area contributed by atoms with Gasteiger partial charge in [0, 0.05) is 10.8 Å². The second-order valence-electron chi connectivity index (χ2n) is 19.7. The van der Waals surface area contributed by atoms with Crippen LogP contribution < -0.4 is 158 Å². The number of rotatable bonds is 3. The molecule has 0 aliphatic carbocycles. The third-order valence-corrected chi connectivity index (χ3v) is 15.8. The summed E-state index contributed by atoms with van der Waals surface area (Å²) in [6.45, 7) is 0. The Morgan fingerprint density at radius 1 is 0.163 bits per heavy atom. The molecule has 11 rings (SSSR count). The first-order chi connectivity index (χ1) is 37.4. The van der Waals surface area contributed by atoms with E-state index in [0.29, 0.717) is 5.39 Å². The standard InChI is InChI=1S/C50HB29O/c51-3-1-2-4-15(35(66)45(76)39(70)23(4)54)30(61)24(55)5(2)21(52)6(3)16-31(62)33(64)18(34(65)32(16)63)8-11-9(25(56)40(71)42(73)27(11)58)7(10-12(8)28(59)43(74)41(72)26(10)57)17-22(53)20-14-13-19(36(67)46(77)44(75)29(13)60)38(69)47(78)49(14)80-50(20)48(79)37(17)68/h1H. The minimum Gasteiger partial charge on any atom is -0.457 e. The van der Waals surface area contributed by atoms with Crippen LogP contribution in [0.3, 0.4) is 0 Å². The van der Waals surface area contributed by atoms with Crippen molar-refractivity contribution >= 4 is 462 Å². The van der Waals surface area contributed by atoms with Gasteiger partial charge < -0.3 is 4.42 Å². The van der Waals surface area contributed by atoms with Crippen molar-refractivity contribution in [2.75, 3.05) is 0 Å². The van der Waals surface area contributed by atoms with E-state index in [4.69, 9.17) is 232 Å². The van der Waals surface area contributed by atoms with E-state index in [1.165, 1.54) is 6.07 Å². The molecule has 1 aromatic heterocycles. The van der Waals surface area contributed by atoms with Gasteiger partial charge in [-0.1, -0.05) is 121 Å². The average molecular weight is 931 g/mol. The Balaban J connectivity index is 1.33. The van der Waals surface area contributed by atoms with E-state index in [1.54, 1.807) is 0 Å². The van der Waals surface area contributed by atoms with Crippen LogP contribution in [0.5, 0.6) is 0 Å². The van der Waals surface area contributed by atoms with Crippen LogP contribution in [0.1, 0.15) is 0 Å². The van der Waals surface area contributed by atoms with Gasteiger partial charge in [0.1, 0.15) is 239 Å². The first-order valence-corrected chi connectivity index (χ1v) is 23.6. The van der Waals surface area contributed by atoms with Gasteiger partial charge in [-0.25, -0.2) is 0 Å². The molecule has 1 heterocycles. The molecule has 0 atom stereocenters. The van der Waals surface area contributed by atoms with E-state index >= 15 is 0 Å². The van der Waals surface area contributed by atoms with Crippen molar-refractivity contribution < 1.29 is 4.42 Å². The monoisotopic (exact) mass is 936 g/mol. The highest BCUT2D eigenvalue weighted by Gasteiger charge is 2.31. The molecule has 0 spiro atoms. The summed E-state index contributed by atoms with van der Waals surface area (Å²) in [5, 5.41) is 1.36. The topological polar surface area (TPSA) is 13.1 Å². The normalized spacial score (nSPS) is 11.9. The Bertz CT molecular complexity index is 4760. The van der Waals surface area contributed by atoms with E-state index in [2.05, 4.69) is 0 Å². The maximum Gasteiger partial charge on any atom is 0.128 e. The molecule has 0 saturated heterocycles. The summed E-state index contributed by atoms with van der Waals surface area (Å²) in [6, 6.07) is 1.51. The van der Waals surface area contributed by atoms with Gasteiger partial charge in [-0.05, 0) is 87.2 Å². The average Bonchev–Trinajstić information content (AvgIpc) is 3.30. The molecule has 11 aromatic rings. The summed E-state index contributed by atoms with van der Waals surface area (Å²) in [5.74, 6) is 0. The van der Waals surface area contributed by atoms with Crippen molar-refractivity contribution in [1.29, 1.82) is 0 Å². The van der Waals surface area contributed by atoms with Crippen LogP contribution in [-0.4, -0.2) is 228 Å². The molecule has 58 radical (unpaired) electrons. The highest BCUT2D eigenvalue weighted by Crippen LogP contribution is 2.40. The van der Waals surface area contributed by atoms with E-state index in [1.807, 2.05) is 0 Å². The zero-order chi connectivity index (χ0) is 58.7. The number of hydrogen-bond donors (Lipinski definition) is 0. The van der Waals surface area contributed by atoms with Crippen molar-refractivity contribution in [3.63, 3.8) is 0 Å². The van der Waals surface area contributed by atoms with E-state index in [0.717, 1.165) is 0 Å². The van der Waals surface area contributed by atoms with Crippen molar-refractivity contribution in [2.45, 2.75) is 0 Å². The van der Waals surface area contributed by atoms with Crippen LogP contribution >= 0.6 is 0 Å². The summed E-state index contributed by atoms with van der Waals surface area (Å²) in [7, 11) is 198. The molecule has 0 aliphatic heterocycles. The van der Waals surface area contributed by atoms with Gasteiger partial charge in [-0.2, -0.15) is 0 Å². The Morgan fingerprint density at radius 2 is 0.412 bits per heavy atom. The third kappa shape index (κ3) is 7.13. The number of benzene rings is 10. The van der Waals surface area contributed by atoms with Crippen molar-refractivity contribution in [2.24, 2.45) is 0 Å². The smallest absolute Gasteiger partial charge is 0.128 e. The maximum atomic E-state index is 7.42. The first kappa shape index (κ1) is 57.0. The number of fused-ring (bicyclic) bond motifs is 10. The summed E-state index contributed by atoms with van der Waals surface area (Å²) in [6.07, 6.45) is 0. The Hall–Kier alpha value is -4.82. The highest BCUT2D eigenvalue weighted by atomic mass is 16.3. The van der Waals surface area contributed by atoms with Crippen LogP contribution in [0.4, 0.5) is 0 Å². The highest BCUT2D eigenvalue weighted by molar-refractivity contribution is 6.78. The van der Waals surface area contributed by atoms with Crippen molar-refractivity contribution in [3.8, 4) is 33.4 Å². The van der Waals surface area contributed by atoms with Gasteiger partial charge in [-0.3, -0.25) is 0 Å². The lowest BCUT2D eigenvalue weighted by Gasteiger charge is -2.33. The van der Waals surface area contributed by atoms with Crippen LogP contribution in [0, 0.1) is 0 Å². The lowest BCUT2D eigenvalue weighted by Crippen LogP contribution is -2.51. The van der Waals surface area contributed by atoms with Gasteiger partial charge in [0.2, 0.25) is 0 Å². The molecule has 30 heteroatoms. The second kappa shape index (κ2) is 19.1. The van der Waals surface area contributed by atoms with Crippen LogP contribution in [0.2, 0.25) is 0 Å². The Kier molecular flexibility index (Phi) is 13.6. The predicted molar refractivity (Wildman–Crippen MR) is 374 cm³/mol. The van der Waals surface area contributed by atoms with Gasteiger partial charge in [0.05, 0.1) is 0 Å². The first-order valence-electron chi connectivity index (χ1n) is 23.6.